The first-order chi connectivity index (χ1) is 8.57. The molecular formula is C12H10F2N2O2. The van der Waals surface area contributed by atoms with Crippen LogP contribution in [0.2, 0.25) is 0 Å². The van der Waals surface area contributed by atoms with E-state index in [0.29, 0.717) is 0 Å². The predicted molar refractivity (Wildman–Crippen MR) is 57.1 cm³/mol. The molecule has 2 rings (SSSR count). The number of rotatable bonds is 3. The molecule has 1 N–H and O–H groups in total. The van der Waals surface area contributed by atoms with Crippen LogP contribution in [0.1, 0.15) is 5.56 Å². The van der Waals surface area contributed by atoms with Crippen LogP contribution in [0, 0.1) is 28.4 Å². The molecule has 6 heteroatoms. The summed E-state index contributed by atoms with van der Waals surface area (Å²) in [6.07, 6.45) is 0. The van der Waals surface area contributed by atoms with Crippen molar-refractivity contribution >= 4 is 5.91 Å². The number of hydrogen-bond acceptors (Lipinski definition) is 3. The zero-order chi connectivity index (χ0) is 13.2. The second-order valence-corrected chi connectivity index (χ2v) is 4.11. The van der Waals surface area contributed by atoms with Crippen LogP contribution in [0.5, 0.6) is 0 Å². The van der Waals surface area contributed by atoms with Gasteiger partial charge in [0.2, 0.25) is 5.91 Å². The van der Waals surface area contributed by atoms with Gasteiger partial charge in [-0.25, -0.2) is 8.78 Å². The minimum absolute atomic E-state index is 0.0287. The van der Waals surface area contributed by atoms with Gasteiger partial charge in [-0.15, -0.1) is 0 Å². The number of ether oxygens (including phenoxy) is 1. The van der Waals surface area contributed by atoms with Crippen molar-refractivity contribution in [1.29, 1.82) is 5.26 Å². The van der Waals surface area contributed by atoms with Crippen LogP contribution >= 0.6 is 0 Å². The number of nitrogens with zero attached hydrogens (tertiary/aromatic N) is 1. The van der Waals surface area contributed by atoms with E-state index in [1.807, 2.05) is 6.07 Å². The molecule has 1 aliphatic rings. The Bertz CT molecular complexity index is 521. The maximum Gasteiger partial charge on any atom is 0.245 e. The van der Waals surface area contributed by atoms with Crippen molar-refractivity contribution in [3.63, 3.8) is 0 Å². The number of carbonyl (C=O) groups is 1. The summed E-state index contributed by atoms with van der Waals surface area (Å²) in [5, 5.41) is 11.3. The first-order valence-corrected chi connectivity index (χ1v) is 5.29. The van der Waals surface area contributed by atoms with Crippen LogP contribution < -0.4 is 5.32 Å². The summed E-state index contributed by atoms with van der Waals surface area (Å²) in [5.41, 5.74) is -1.15. The maximum absolute atomic E-state index is 13.3. The Labute approximate surface area is 102 Å². The van der Waals surface area contributed by atoms with Gasteiger partial charge in [-0.05, 0) is 18.2 Å². The number of benzene rings is 1. The summed E-state index contributed by atoms with van der Waals surface area (Å²) in [5.74, 6) is -1.71. The Morgan fingerprint density at radius 3 is 2.78 bits per heavy atom. The molecule has 0 bridgehead atoms. The molecule has 0 aliphatic carbocycles. The Kier molecular flexibility index (Phi) is 3.26. The van der Waals surface area contributed by atoms with Crippen LogP contribution in [0.3, 0.4) is 0 Å². The minimum Gasteiger partial charge on any atom is -0.377 e. The topological polar surface area (TPSA) is 62.1 Å². The van der Waals surface area contributed by atoms with E-state index in [0.717, 1.165) is 18.2 Å². The van der Waals surface area contributed by atoms with E-state index in [9.17, 15) is 13.6 Å². The lowest BCUT2D eigenvalue weighted by atomic mass is 9.87. The standard InChI is InChI=1S/C12H10F2N2O2/c13-9-1-2-10(14)8(3-9)4-16-11(17)12(5-15)6-18-7-12/h1-3H,4,6-7H2,(H,16,17). The Hall–Kier alpha value is -2.00. The van der Waals surface area contributed by atoms with Gasteiger partial charge in [0.25, 0.3) is 0 Å². The summed E-state index contributed by atoms with van der Waals surface area (Å²) in [4.78, 5) is 11.7. The molecule has 1 fully saturated rings. The zero-order valence-corrected chi connectivity index (χ0v) is 9.37. The van der Waals surface area contributed by atoms with Crippen molar-refractivity contribution in [3.8, 4) is 6.07 Å². The SMILES string of the molecule is N#CC1(C(=O)NCc2cc(F)ccc2F)COC1. The highest BCUT2D eigenvalue weighted by molar-refractivity contribution is 5.86. The average Bonchev–Trinajstić information content (AvgIpc) is 2.29. The van der Waals surface area contributed by atoms with Crippen molar-refractivity contribution in [3.05, 3.63) is 35.4 Å². The zero-order valence-electron chi connectivity index (χ0n) is 9.37. The van der Waals surface area contributed by atoms with Gasteiger partial charge in [0.05, 0.1) is 19.3 Å². The number of hydrogen-bond donors (Lipinski definition) is 1. The van der Waals surface area contributed by atoms with Gasteiger partial charge in [0, 0.05) is 12.1 Å². The van der Waals surface area contributed by atoms with Gasteiger partial charge in [0.15, 0.2) is 5.41 Å². The molecule has 0 radical (unpaired) electrons. The van der Waals surface area contributed by atoms with E-state index in [4.69, 9.17) is 10.00 Å². The van der Waals surface area contributed by atoms with Crippen LogP contribution in [0.25, 0.3) is 0 Å². The lowest BCUT2D eigenvalue weighted by Gasteiger charge is -2.33. The molecule has 0 saturated carbocycles. The molecule has 18 heavy (non-hydrogen) atoms. The number of nitrogens with one attached hydrogen (secondary N) is 1. The maximum atomic E-state index is 13.3. The lowest BCUT2D eigenvalue weighted by molar-refractivity contribution is -0.150. The van der Waals surface area contributed by atoms with Crippen molar-refractivity contribution in [2.75, 3.05) is 13.2 Å². The summed E-state index contributed by atoms with van der Waals surface area (Å²) >= 11 is 0. The highest BCUT2D eigenvalue weighted by atomic mass is 19.1. The second kappa shape index (κ2) is 4.70. The van der Waals surface area contributed by atoms with E-state index in [2.05, 4.69) is 5.32 Å². The highest BCUT2D eigenvalue weighted by Gasteiger charge is 2.46. The third-order valence-corrected chi connectivity index (χ3v) is 2.79. The monoisotopic (exact) mass is 252 g/mol. The van der Waals surface area contributed by atoms with Crippen LogP contribution in [-0.2, 0) is 16.1 Å². The van der Waals surface area contributed by atoms with Crippen LogP contribution in [0.15, 0.2) is 18.2 Å². The van der Waals surface area contributed by atoms with E-state index in [-0.39, 0.29) is 25.3 Å². The molecule has 0 unspecified atom stereocenters. The summed E-state index contributed by atoms with van der Waals surface area (Å²) in [6.45, 7) is -0.103. The van der Waals surface area contributed by atoms with Crippen molar-refractivity contribution < 1.29 is 18.3 Å². The van der Waals surface area contributed by atoms with Crippen molar-refractivity contribution in [1.82, 2.24) is 5.32 Å². The molecular weight excluding hydrogens is 242 g/mol. The molecule has 1 saturated heterocycles. The number of nitriles is 1. The summed E-state index contributed by atoms with van der Waals surface area (Å²) in [6, 6.07) is 4.86. The molecule has 0 aromatic heterocycles. The van der Waals surface area contributed by atoms with Gasteiger partial charge < -0.3 is 10.1 Å². The molecule has 1 amide bonds. The number of amides is 1. The van der Waals surface area contributed by atoms with E-state index in [1.165, 1.54) is 0 Å². The molecule has 94 valence electrons. The number of carbonyl (C=O) groups excluding carboxylic acids is 1. The average molecular weight is 252 g/mol. The van der Waals surface area contributed by atoms with Crippen LogP contribution in [-0.4, -0.2) is 19.1 Å². The van der Waals surface area contributed by atoms with Crippen LogP contribution in [0.4, 0.5) is 8.78 Å². The van der Waals surface area contributed by atoms with E-state index >= 15 is 0 Å². The number of halogens is 2. The lowest BCUT2D eigenvalue weighted by Crippen LogP contribution is -2.53. The third kappa shape index (κ3) is 2.17. The minimum atomic E-state index is -1.19. The molecule has 0 atom stereocenters. The van der Waals surface area contributed by atoms with E-state index in [1.54, 1.807) is 0 Å². The van der Waals surface area contributed by atoms with Crippen molar-refractivity contribution in [2.45, 2.75) is 6.54 Å². The highest BCUT2D eigenvalue weighted by Crippen LogP contribution is 2.26. The molecule has 1 heterocycles. The third-order valence-electron chi connectivity index (χ3n) is 2.79. The van der Waals surface area contributed by atoms with Gasteiger partial charge in [-0.2, -0.15) is 5.26 Å². The quantitative estimate of drug-likeness (QED) is 0.876. The molecule has 1 aromatic carbocycles. The fourth-order valence-corrected chi connectivity index (χ4v) is 1.58. The van der Waals surface area contributed by atoms with E-state index < -0.39 is 23.0 Å². The largest absolute Gasteiger partial charge is 0.377 e. The Morgan fingerprint density at radius 1 is 1.50 bits per heavy atom. The Balaban J connectivity index is 2.02. The fraction of sp³-hybridized carbons (Fsp3) is 0.333. The Morgan fingerprint density at radius 2 is 2.22 bits per heavy atom. The second-order valence-electron chi connectivity index (χ2n) is 4.11. The first-order valence-electron chi connectivity index (χ1n) is 5.29. The van der Waals surface area contributed by atoms with Gasteiger partial charge in [-0.3, -0.25) is 4.79 Å². The predicted octanol–water partition coefficient (Wildman–Crippen LogP) is 1.12. The summed E-state index contributed by atoms with van der Waals surface area (Å²) < 4.78 is 31.0. The smallest absolute Gasteiger partial charge is 0.245 e. The van der Waals surface area contributed by atoms with Crippen molar-refractivity contribution in [2.24, 2.45) is 5.41 Å². The first kappa shape index (κ1) is 12.5. The van der Waals surface area contributed by atoms with Gasteiger partial charge in [-0.1, -0.05) is 0 Å². The normalized spacial score (nSPS) is 16.5. The molecule has 1 aliphatic heterocycles. The molecule has 0 spiro atoms. The molecule has 1 aromatic rings. The fourth-order valence-electron chi connectivity index (χ4n) is 1.58. The molecule has 4 nitrogen and oxygen atoms in total. The summed E-state index contributed by atoms with van der Waals surface area (Å²) in [7, 11) is 0. The van der Waals surface area contributed by atoms with Gasteiger partial charge >= 0.3 is 0 Å². The van der Waals surface area contributed by atoms with Gasteiger partial charge in [0.1, 0.15) is 11.6 Å².